The average Bonchev–Trinajstić information content (AvgIpc) is 2.46. The highest BCUT2D eigenvalue weighted by Gasteiger charge is 2.43. The van der Waals surface area contributed by atoms with Gasteiger partial charge in [0.15, 0.2) is 6.10 Å². The molecule has 0 aromatic carbocycles. The van der Waals surface area contributed by atoms with Crippen molar-refractivity contribution in [3.05, 3.63) is 23.9 Å². The van der Waals surface area contributed by atoms with Crippen molar-refractivity contribution >= 4 is 11.7 Å². The lowest BCUT2D eigenvalue weighted by Crippen LogP contribution is -2.49. The van der Waals surface area contributed by atoms with Crippen LogP contribution >= 0.6 is 0 Å². The van der Waals surface area contributed by atoms with E-state index in [1.807, 2.05) is 0 Å². The number of rotatable bonds is 2. The average molecular weight is 303 g/mol. The molecule has 1 aromatic heterocycles. The van der Waals surface area contributed by atoms with Crippen molar-refractivity contribution in [2.75, 3.05) is 38.7 Å². The zero-order chi connectivity index (χ0) is 15.6. The molecule has 0 N–H and O–H groups in total. The van der Waals surface area contributed by atoms with Crippen molar-refractivity contribution in [2.24, 2.45) is 0 Å². The summed E-state index contributed by atoms with van der Waals surface area (Å²) in [7, 11) is 3.23. The minimum atomic E-state index is -4.39. The predicted molar refractivity (Wildman–Crippen MR) is 70.3 cm³/mol. The van der Waals surface area contributed by atoms with Gasteiger partial charge < -0.3 is 14.5 Å². The maximum Gasteiger partial charge on any atom is 0.416 e. The van der Waals surface area contributed by atoms with Gasteiger partial charge >= 0.3 is 6.18 Å². The van der Waals surface area contributed by atoms with Crippen molar-refractivity contribution in [1.29, 1.82) is 0 Å². The Morgan fingerprint density at radius 3 is 2.67 bits per heavy atom. The predicted octanol–water partition coefficient (Wildman–Crippen LogP) is 1.55. The van der Waals surface area contributed by atoms with E-state index in [9.17, 15) is 18.0 Å². The minimum Gasteiger partial charge on any atom is -0.365 e. The second-order valence-corrected chi connectivity index (χ2v) is 4.95. The first-order chi connectivity index (χ1) is 9.79. The quantitative estimate of drug-likeness (QED) is 0.831. The molecule has 1 fully saturated rings. The summed E-state index contributed by atoms with van der Waals surface area (Å²) >= 11 is 0. The van der Waals surface area contributed by atoms with E-state index in [0.29, 0.717) is 17.9 Å². The molecule has 0 bridgehead atoms. The number of morpholine rings is 1. The van der Waals surface area contributed by atoms with Crippen LogP contribution in [0.2, 0.25) is 0 Å². The summed E-state index contributed by atoms with van der Waals surface area (Å²) in [6.07, 6.45) is -4.83. The molecule has 0 spiro atoms. The number of aromatic nitrogens is 1. The molecule has 1 saturated heterocycles. The number of halogens is 3. The number of amides is 1. The molecule has 1 unspecified atom stereocenters. The highest BCUT2D eigenvalue weighted by Crippen LogP contribution is 2.27. The van der Waals surface area contributed by atoms with Crippen LogP contribution in [0.15, 0.2) is 18.3 Å². The summed E-state index contributed by atoms with van der Waals surface area (Å²) in [6.45, 7) is 0.0300. The Bertz CT molecular complexity index is 502. The van der Waals surface area contributed by atoms with E-state index >= 15 is 0 Å². The molecule has 1 aliphatic rings. The lowest BCUT2D eigenvalue weighted by molar-refractivity contribution is -0.221. The number of hydrogen-bond acceptors (Lipinski definition) is 4. The van der Waals surface area contributed by atoms with Gasteiger partial charge in [0, 0.05) is 26.8 Å². The number of carbonyl (C=O) groups excluding carboxylic acids is 1. The Morgan fingerprint density at radius 1 is 1.43 bits per heavy atom. The Labute approximate surface area is 120 Å². The van der Waals surface area contributed by atoms with Crippen LogP contribution in [-0.2, 0) is 4.74 Å². The van der Waals surface area contributed by atoms with Gasteiger partial charge in [-0.2, -0.15) is 13.2 Å². The molecule has 1 aliphatic heterocycles. The highest BCUT2D eigenvalue weighted by atomic mass is 19.4. The van der Waals surface area contributed by atoms with Crippen LogP contribution in [0.1, 0.15) is 10.4 Å². The number of anilines is 1. The van der Waals surface area contributed by atoms with Gasteiger partial charge in [0.2, 0.25) is 0 Å². The molecular formula is C13H16F3N3O2. The molecule has 0 saturated carbocycles. The maximum absolute atomic E-state index is 12.7. The lowest BCUT2D eigenvalue weighted by Gasteiger charge is -2.34. The van der Waals surface area contributed by atoms with E-state index in [1.165, 1.54) is 16.0 Å². The number of alkyl halides is 3. The van der Waals surface area contributed by atoms with Crippen molar-refractivity contribution in [3.8, 4) is 0 Å². The van der Waals surface area contributed by atoms with Gasteiger partial charge in [-0.1, -0.05) is 0 Å². The maximum atomic E-state index is 12.7. The summed E-state index contributed by atoms with van der Waals surface area (Å²) in [5.41, 5.74) is 0.393. The largest absolute Gasteiger partial charge is 0.416 e. The third-order valence-corrected chi connectivity index (χ3v) is 3.16. The number of pyridine rings is 1. The van der Waals surface area contributed by atoms with E-state index in [-0.39, 0.29) is 19.1 Å². The molecule has 21 heavy (non-hydrogen) atoms. The molecular weight excluding hydrogens is 287 g/mol. The molecule has 5 nitrogen and oxygen atoms in total. The summed E-state index contributed by atoms with van der Waals surface area (Å²) in [6, 6.07) is 3.11. The van der Waals surface area contributed by atoms with E-state index in [0.717, 1.165) is 0 Å². The first-order valence-electron chi connectivity index (χ1n) is 6.40. The molecule has 8 heteroatoms. The monoisotopic (exact) mass is 303 g/mol. The van der Waals surface area contributed by atoms with Crippen molar-refractivity contribution < 1.29 is 22.7 Å². The molecule has 1 aromatic rings. The van der Waals surface area contributed by atoms with Crippen molar-refractivity contribution in [2.45, 2.75) is 12.3 Å². The molecule has 2 rings (SSSR count). The summed E-state index contributed by atoms with van der Waals surface area (Å²) < 4.78 is 42.7. The van der Waals surface area contributed by atoms with Gasteiger partial charge in [0.1, 0.15) is 5.82 Å². The van der Waals surface area contributed by atoms with Gasteiger partial charge in [-0.15, -0.1) is 0 Å². The van der Waals surface area contributed by atoms with Crippen LogP contribution in [-0.4, -0.2) is 61.9 Å². The SMILES string of the molecule is CN(C)C(=O)c1ccc(N2CCOC(C(F)(F)F)C2)nc1. The first-order valence-corrected chi connectivity index (χ1v) is 6.40. The fraction of sp³-hybridized carbons (Fsp3) is 0.538. The van der Waals surface area contributed by atoms with E-state index < -0.39 is 12.3 Å². The van der Waals surface area contributed by atoms with Crippen molar-refractivity contribution in [1.82, 2.24) is 9.88 Å². The zero-order valence-corrected chi connectivity index (χ0v) is 11.7. The van der Waals surface area contributed by atoms with Crippen molar-refractivity contribution in [3.63, 3.8) is 0 Å². The topological polar surface area (TPSA) is 45.7 Å². The molecule has 1 amide bonds. The third kappa shape index (κ3) is 3.63. The van der Waals surface area contributed by atoms with Crippen LogP contribution in [0.3, 0.4) is 0 Å². The van der Waals surface area contributed by atoms with Crippen LogP contribution in [0, 0.1) is 0 Å². The molecule has 1 atom stereocenters. The van der Waals surface area contributed by atoms with Crippen LogP contribution in [0.4, 0.5) is 19.0 Å². The summed E-state index contributed by atoms with van der Waals surface area (Å²) in [5.74, 6) is 0.201. The second kappa shape index (κ2) is 5.88. The van der Waals surface area contributed by atoms with Gasteiger partial charge in [-0.25, -0.2) is 4.98 Å². The van der Waals surface area contributed by atoms with Gasteiger partial charge in [-0.05, 0) is 12.1 Å². The Kier molecular flexibility index (Phi) is 4.36. The van der Waals surface area contributed by atoms with Gasteiger partial charge in [-0.3, -0.25) is 4.79 Å². The highest BCUT2D eigenvalue weighted by molar-refractivity contribution is 5.93. The standard InChI is InChI=1S/C13H16F3N3O2/c1-18(2)12(20)9-3-4-11(17-7-9)19-5-6-21-10(8-19)13(14,15)16/h3-4,7,10H,5-6,8H2,1-2H3. The molecule has 2 heterocycles. The second-order valence-electron chi connectivity index (χ2n) is 4.95. The molecule has 116 valence electrons. The van der Waals surface area contributed by atoms with Crippen LogP contribution < -0.4 is 4.90 Å². The fourth-order valence-corrected chi connectivity index (χ4v) is 2.01. The van der Waals surface area contributed by atoms with E-state index in [2.05, 4.69) is 4.98 Å². The smallest absolute Gasteiger partial charge is 0.365 e. The fourth-order valence-electron chi connectivity index (χ4n) is 2.01. The normalized spacial score (nSPS) is 19.5. The zero-order valence-electron chi connectivity index (χ0n) is 11.7. The Balaban J connectivity index is 2.10. The number of ether oxygens (including phenoxy) is 1. The molecule has 0 radical (unpaired) electrons. The first kappa shape index (κ1) is 15.6. The third-order valence-electron chi connectivity index (χ3n) is 3.16. The molecule has 0 aliphatic carbocycles. The number of carbonyl (C=O) groups is 1. The van der Waals surface area contributed by atoms with Crippen LogP contribution in [0.5, 0.6) is 0 Å². The Hall–Kier alpha value is -1.83. The van der Waals surface area contributed by atoms with Crippen LogP contribution in [0.25, 0.3) is 0 Å². The Morgan fingerprint density at radius 2 is 2.14 bits per heavy atom. The number of hydrogen-bond donors (Lipinski definition) is 0. The summed E-state index contributed by atoms with van der Waals surface area (Å²) in [4.78, 5) is 18.7. The number of nitrogens with zero attached hydrogens (tertiary/aromatic N) is 3. The van der Waals surface area contributed by atoms with Gasteiger partial charge in [0.05, 0.1) is 18.7 Å². The summed E-state index contributed by atoms with van der Waals surface area (Å²) in [5, 5.41) is 0. The minimum absolute atomic E-state index is 0.00969. The lowest BCUT2D eigenvalue weighted by atomic mass is 10.2. The van der Waals surface area contributed by atoms with E-state index in [4.69, 9.17) is 4.74 Å². The van der Waals surface area contributed by atoms with E-state index in [1.54, 1.807) is 26.2 Å². The van der Waals surface area contributed by atoms with Gasteiger partial charge in [0.25, 0.3) is 5.91 Å².